The maximum atomic E-state index is 12.1. The largest absolute Gasteiger partial charge is 0.462 e. The van der Waals surface area contributed by atoms with Gasteiger partial charge in [0.25, 0.3) is 0 Å². The van der Waals surface area contributed by atoms with Gasteiger partial charge in [0.2, 0.25) is 0 Å². The normalized spacial score (nSPS) is 19.6. The molecule has 5 nitrogen and oxygen atoms in total. The molecular weight excluding hydrogens is 326 g/mol. The van der Waals surface area contributed by atoms with E-state index in [1.165, 1.54) is 31.9 Å². The Morgan fingerprint density at radius 1 is 1.15 bits per heavy atom. The van der Waals surface area contributed by atoms with Crippen LogP contribution in [0, 0.1) is 11.3 Å². The van der Waals surface area contributed by atoms with Gasteiger partial charge in [-0.05, 0) is 47.0 Å². The van der Waals surface area contributed by atoms with Crippen molar-refractivity contribution in [3.05, 3.63) is 11.8 Å². The van der Waals surface area contributed by atoms with Gasteiger partial charge >= 0.3 is 5.97 Å². The molecular formula is C21H37N3O2. The Morgan fingerprint density at radius 3 is 2.31 bits per heavy atom. The molecule has 1 aliphatic rings. The van der Waals surface area contributed by atoms with Crippen molar-refractivity contribution in [2.45, 2.75) is 103 Å². The zero-order chi connectivity index (χ0) is 19.6. The number of carbonyl (C=O) groups is 1. The maximum Gasteiger partial charge on any atom is 0.350 e. The Kier molecular flexibility index (Phi) is 9.15. The number of nitrogens with zero attached hydrogens (tertiary/aromatic N) is 1. The molecule has 0 spiro atoms. The van der Waals surface area contributed by atoms with E-state index in [0.29, 0.717) is 6.61 Å². The number of nitriles is 1. The van der Waals surface area contributed by atoms with Crippen molar-refractivity contribution < 1.29 is 9.53 Å². The van der Waals surface area contributed by atoms with Crippen molar-refractivity contribution in [2.75, 3.05) is 6.61 Å². The fraction of sp³-hybridized carbons (Fsp3) is 0.810. The molecule has 1 rings (SSSR count). The van der Waals surface area contributed by atoms with E-state index in [1.807, 2.05) is 6.07 Å². The molecule has 0 amide bonds. The van der Waals surface area contributed by atoms with Crippen LogP contribution in [0.15, 0.2) is 11.8 Å². The van der Waals surface area contributed by atoms with Crippen LogP contribution in [0.3, 0.4) is 0 Å². The highest BCUT2D eigenvalue weighted by Gasteiger charge is 2.37. The third-order valence-electron chi connectivity index (χ3n) is 4.72. The lowest BCUT2D eigenvalue weighted by Crippen LogP contribution is -2.61. The lowest BCUT2D eigenvalue weighted by molar-refractivity contribution is -0.138. The summed E-state index contributed by atoms with van der Waals surface area (Å²) in [6, 6.07) is 2.18. The molecule has 1 saturated heterocycles. The molecule has 0 aliphatic carbocycles. The lowest BCUT2D eigenvalue weighted by atomic mass is 9.80. The number of hydrogen-bond acceptors (Lipinski definition) is 5. The summed E-state index contributed by atoms with van der Waals surface area (Å²) < 4.78 is 5.24. The molecule has 0 unspecified atom stereocenters. The second kappa shape index (κ2) is 10.6. The molecule has 0 aromatic heterocycles. The first-order chi connectivity index (χ1) is 12.2. The number of rotatable bonds is 10. The van der Waals surface area contributed by atoms with Gasteiger partial charge in [-0.2, -0.15) is 5.26 Å². The van der Waals surface area contributed by atoms with Gasteiger partial charge in [-0.3, -0.25) is 0 Å². The van der Waals surface area contributed by atoms with E-state index in [2.05, 4.69) is 45.3 Å². The Labute approximate surface area is 159 Å². The van der Waals surface area contributed by atoms with Gasteiger partial charge in [0, 0.05) is 23.3 Å². The van der Waals surface area contributed by atoms with Gasteiger partial charge in [-0.25, -0.2) is 4.79 Å². The van der Waals surface area contributed by atoms with Gasteiger partial charge in [0.15, 0.2) is 5.57 Å². The molecule has 5 heteroatoms. The SMILES string of the molecule is CCCCCCCCOC(=O)C(C#N)=CNC1CC(C)(C)NC(C)(C)C1. The van der Waals surface area contributed by atoms with Gasteiger partial charge < -0.3 is 15.4 Å². The number of ether oxygens (including phenoxy) is 1. The second-order valence-electron chi connectivity index (χ2n) is 8.74. The Balaban J connectivity index is 2.42. The monoisotopic (exact) mass is 363 g/mol. The summed E-state index contributed by atoms with van der Waals surface area (Å²) in [6.45, 7) is 11.3. The zero-order valence-electron chi connectivity index (χ0n) is 17.3. The van der Waals surface area contributed by atoms with E-state index in [4.69, 9.17) is 4.74 Å². The Hall–Kier alpha value is -1.54. The smallest absolute Gasteiger partial charge is 0.350 e. The van der Waals surface area contributed by atoms with Crippen LogP contribution in [-0.2, 0) is 9.53 Å². The van der Waals surface area contributed by atoms with E-state index in [-0.39, 0.29) is 22.7 Å². The molecule has 2 N–H and O–H groups in total. The van der Waals surface area contributed by atoms with Crippen molar-refractivity contribution in [1.29, 1.82) is 5.26 Å². The first-order valence-corrected chi connectivity index (χ1v) is 10.0. The number of esters is 1. The fourth-order valence-electron chi connectivity index (χ4n) is 3.90. The molecule has 0 atom stereocenters. The lowest BCUT2D eigenvalue weighted by Gasteiger charge is -2.46. The average Bonchev–Trinajstić information content (AvgIpc) is 2.51. The van der Waals surface area contributed by atoms with Crippen molar-refractivity contribution in [1.82, 2.24) is 10.6 Å². The minimum Gasteiger partial charge on any atom is -0.462 e. The summed E-state index contributed by atoms with van der Waals surface area (Å²) in [5.74, 6) is -0.527. The molecule has 0 aromatic carbocycles. The fourth-order valence-corrected chi connectivity index (χ4v) is 3.90. The van der Waals surface area contributed by atoms with Gasteiger partial charge in [0.1, 0.15) is 6.07 Å². The predicted molar refractivity (Wildman–Crippen MR) is 105 cm³/mol. The van der Waals surface area contributed by atoms with Gasteiger partial charge in [-0.1, -0.05) is 39.0 Å². The van der Waals surface area contributed by atoms with Crippen LogP contribution in [0.5, 0.6) is 0 Å². The molecule has 26 heavy (non-hydrogen) atoms. The summed E-state index contributed by atoms with van der Waals surface area (Å²) >= 11 is 0. The molecule has 1 fully saturated rings. The van der Waals surface area contributed by atoms with E-state index in [9.17, 15) is 10.1 Å². The van der Waals surface area contributed by atoms with Gasteiger partial charge in [0.05, 0.1) is 6.61 Å². The minimum atomic E-state index is -0.527. The standard InChI is InChI=1S/C21H37N3O2/c1-6-7-8-9-10-11-12-26-19(25)17(15-22)16-23-18-13-20(2,3)24-21(4,5)14-18/h16,18,23-24H,6-14H2,1-5H3. The highest BCUT2D eigenvalue weighted by atomic mass is 16.5. The maximum absolute atomic E-state index is 12.1. The summed E-state index contributed by atoms with van der Waals surface area (Å²) in [4.78, 5) is 12.1. The van der Waals surface area contributed by atoms with Crippen LogP contribution >= 0.6 is 0 Å². The van der Waals surface area contributed by atoms with Crippen LogP contribution in [0.1, 0.15) is 86.0 Å². The van der Waals surface area contributed by atoms with Crippen molar-refractivity contribution in [2.24, 2.45) is 0 Å². The van der Waals surface area contributed by atoms with E-state index >= 15 is 0 Å². The summed E-state index contributed by atoms with van der Waals surface area (Å²) in [5.41, 5.74) is 0.0709. The highest BCUT2D eigenvalue weighted by molar-refractivity contribution is 5.92. The van der Waals surface area contributed by atoms with Crippen molar-refractivity contribution in [3.8, 4) is 6.07 Å². The number of carbonyl (C=O) groups excluding carboxylic acids is 1. The quantitative estimate of drug-likeness (QED) is 0.263. The number of unbranched alkanes of at least 4 members (excludes halogenated alkanes) is 5. The molecule has 1 aliphatic heterocycles. The number of hydrogen-bond donors (Lipinski definition) is 2. The van der Waals surface area contributed by atoms with Crippen LogP contribution < -0.4 is 10.6 Å². The Morgan fingerprint density at radius 2 is 1.73 bits per heavy atom. The van der Waals surface area contributed by atoms with Crippen molar-refractivity contribution >= 4 is 5.97 Å². The number of nitrogens with one attached hydrogen (secondary N) is 2. The molecule has 0 aromatic rings. The Bertz CT molecular complexity index is 502. The topological polar surface area (TPSA) is 74.2 Å². The third-order valence-corrected chi connectivity index (χ3v) is 4.72. The number of piperidine rings is 1. The molecule has 0 bridgehead atoms. The van der Waals surface area contributed by atoms with Crippen LogP contribution in [0.2, 0.25) is 0 Å². The molecule has 1 heterocycles. The average molecular weight is 364 g/mol. The zero-order valence-corrected chi connectivity index (χ0v) is 17.3. The summed E-state index contributed by atoms with van der Waals surface area (Å²) in [5, 5.41) is 16.1. The van der Waals surface area contributed by atoms with Gasteiger partial charge in [-0.15, -0.1) is 0 Å². The van der Waals surface area contributed by atoms with Crippen molar-refractivity contribution in [3.63, 3.8) is 0 Å². The third kappa shape index (κ3) is 8.71. The predicted octanol–water partition coefficient (Wildman–Crippen LogP) is 4.20. The van der Waals surface area contributed by atoms with E-state index in [1.54, 1.807) is 0 Å². The van der Waals surface area contributed by atoms with E-state index < -0.39 is 5.97 Å². The highest BCUT2D eigenvalue weighted by Crippen LogP contribution is 2.28. The van der Waals surface area contributed by atoms with Crippen LogP contribution in [-0.4, -0.2) is 29.7 Å². The minimum absolute atomic E-state index is 0.0123. The molecule has 148 valence electrons. The first-order valence-electron chi connectivity index (χ1n) is 10.0. The summed E-state index contributed by atoms with van der Waals surface area (Å²) in [7, 11) is 0. The van der Waals surface area contributed by atoms with Crippen LogP contribution in [0.4, 0.5) is 0 Å². The first kappa shape index (κ1) is 22.5. The summed E-state index contributed by atoms with van der Waals surface area (Å²) in [6.07, 6.45) is 10.2. The van der Waals surface area contributed by atoms with Crippen LogP contribution in [0.25, 0.3) is 0 Å². The molecule has 0 radical (unpaired) electrons. The second-order valence-corrected chi connectivity index (χ2v) is 8.74. The molecule has 0 saturated carbocycles. The van der Waals surface area contributed by atoms with E-state index in [0.717, 1.165) is 25.7 Å².